The average Bonchev–Trinajstić information content (AvgIpc) is 2.36. The van der Waals surface area contributed by atoms with Gasteiger partial charge in [0, 0.05) is 26.2 Å². The summed E-state index contributed by atoms with van der Waals surface area (Å²) >= 11 is 4.88. The molecule has 0 aliphatic heterocycles. The van der Waals surface area contributed by atoms with E-state index in [0.717, 1.165) is 26.0 Å². The van der Waals surface area contributed by atoms with Crippen molar-refractivity contribution in [3.63, 3.8) is 0 Å². The number of aliphatic carboxylic acids is 1. The third-order valence-corrected chi connectivity index (χ3v) is 4.26. The lowest BCUT2D eigenvalue weighted by molar-refractivity contribution is -0.137. The number of fused-ring (bicyclic) bond motifs is 1. The fraction of sp³-hybridized carbons (Fsp3) is 0.231. The lowest BCUT2D eigenvalue weighted by Gasteiger charge is -2.10. The van der Waals surface area contributed by atoms with Crippen molar-refractivity contribution < 1.29 is 9.90 Å². The summed E-state index contributed by atoms with van der Waals surface area (Å²) in [6, 6.07) is 6.95. The number of pyridine rings is 1. The van der Waals surface area contributed by atoms with Crippen LogP contribution in [0.1, 0.15) is 5.69 Å². The normalized spacial score (nSPS) is 12.6. The molecular formula is C13H13BrN2O2S. The van der Waals surface area contributed by atoms with Crippen LogP contribution in [0.5, 0.6) is 0 Å². The Morgan fingerprint density at radius 3 is 2.95 bits per heavy atom. The highest BCUT2D eigenvalue weighted by Crippen LogP contribution is 2.30. The van der Waals surface area contributed by atoms with E-state index in [1.165, 1.54) is 11.8 Å². The Hall–Kier alpha value is -1.11. The van der Waals surface area contributed by atoms with E-state index in [4.69, 9.17) is 10.8 Å². The van der Waals surface area contributed by atoms with Crippen LogP contribution < -0.4 is 5.73 Å². The summed E-state index contributed by atoms with van der Waals surface area (Å²) in [7, 11) is 0. The first-order valence-corrected chi connectivity index (χ1v) is 7.43. The number of carboxylic acids is 1. The number of rotatable bonds is 4. The Morgan fingerprint density at radius 2 is 2.26 bits per heavy atom. The molecule has 2 rings (SSSR count). The molecule has 100 valence electrons. The van der Waals surface area contributed by atoms with Gasteiger partial charge in [-0.1, -0.05) is 15.9 Å². The van der Waals surface area contributed by atoms with Crippen molar-refractivity contribution in [3.05, 3.63) is 34.4 Å². The van der Waals surface area contributed by atoms with Crippen molar-refractivity contribution in [1.29, 1.82) is 0 Å². The van der Waals surface area contributed by atoms with Crippen LogP contribution in [0.25, 0.3) is 10.9 Å². The molecule has 19 heavy (non-hydrogen) atoms. The Kier molecular flexibility index (Phi) is 4.44. The van der Waals surface area contributed by atoms with Crippen LogP contribution in [0.3, 0.4) is 0 Å². The number of hydrogen-bond donors (Lipinski definition) is 2. The molecule has 0 saturated carbocycles. The van der Waals surface area contributed by atoms with Gasteiger partial charge < -0.3 is 10.8 Å². The monoisotopic (exact) mass is 340 g/mol. The van der Waals surface area contributed by atoms with Crippen molar-refractivity contribution in [2.45, 2.75) is 17.9 Å². The van der Waals surface area contributed by atoms with Crippen LogP contribution in [0.15, 0.2) is 33.6 Å². The zero-order chi connectivity index (χ0) is 14.0. The summed E-state index contributed by atoms with van der Waals surface area (Å²) in [5, 5.41) is 9.82. The molecular weight excluding hydrogens is 328 g/mol. The smallest absolute Gasteiger partial charge is 0.321 e. The van der Waals surface area contributed by atoms with Gasteiger partial charge in [0.2, 0.25) is 0 Å². The number of carbonyl (C=O) groups is 1. The second-order valence-electron chi connectivity index (χ2n) is 4.18. The Labute approximate surface area is 123 Å². The first kappa shape index (κ1) is 14.3. The van der Waals surface area contributed by atoms with E-state index in [9.17, 15) is 4.79 Å². The van der Waals surface area contributed by atoms with Gasteiger partial charge >= 0.3 is 5.97 Å². The molecule has 0 aliphatic rings. The summed E-state index contributed by atoms with van der Waals surface area (Å²) in [6.07, 6.45) is 0. The maximum Gasteiger partial charge on any atom is 0.321 e. The summed E-state index contributed by atoms with van der Waals surface area (Å²) in [6.45, 7) is 1.92. The lowest BCUT2D eigenvalue weighted by atomic mass is 10.2. The quantitative estimate of drug-likeness (QED) is 0.837. The molecule has 1 aromatic carbocycles. The highest BCUT2D eigenvalue weighted by molar-refractivity contribution is 9.10. The van der Waals surface area contributed by atoms with Crippen molar-refractivity contribution in [2.24, 2.45) is 5.73 Å². The molecule has 3 N–H and O–H groups in total. The van der Waals surface area contributed by atoms with Gasteiger partial charge in [0.05, 0.1) is 5.52 Å². The number of halogens is 1. The van der Waals surface area contributed by atoms with Crippen LogP contribution in [0.2, 0.25) is 0 Å². The molecule has 2 aromatic rings. The number of hydrogen-bond acceptors (Lipinski definition) is 4. The molecule has 0 bridgehead atoms. The van der Waals surface area contributed by atoms with Crippen LogP contribution in [-0.4, -0.2) is 27.9 Å². The van der Waals surface area contributed by atoms with Crippen LogP contribution >= 0.6 is 27.7 Å². The summed E-state index contributed by atoms with van der Waals surface area (Å²) in [5.74, 6) is -0.649. The van der Waals surface area contributed by atoms with Crippen molar-refractivity contribution in [2.75, 3.05) is 5.75 Å². The Bertz CT molecular complexity index is 633. The summed E-state index contributed by atoms with van der Waals surface area (Å²) in [5.41, 5.74) is 7.33. The van der Waals surface area contributed by atoms with Gasteiger partial charge in [0.1, 0.15) is 6.04 Å². The minimum absolute atomic E-state index is 0.334. The van der Waals surface area contributed by atoms with Gasteiger partial charge in [-0.05, 0) is 31.2 Å². The molecule has 1 heterocycles. The minimum atomic E-state index is -0.983. The predicted octanol–water partition coefficient (Wildman–Crippen LogP) is 2.81. The molecule has 0 spiro atoms. The first-order chi connectivity index (χ1) is 8.97. The SMILES string of the molecule is Cc1cc(SC[C@H](N)C(=O)O)c2cc(Br)ccc2n1. The largest absolute Gasteiger partial charge is 0.480 e. The minimum Gasteiger partial charge on any atom is -0.480 e. The van der Waals surface area contributed by atoms with E-state index in [0.29, 0.717) is 5.75 Å². The van der Waals surface area contributed by atoms with E-state index in [2.05, 4.69) is 20.9 Å². The summed E-state index contributed by atoms with van der Waals surface area (Å²) in [4.78, 5) is 16.2. The number of aryl methyl sites for hydroxylation is 1. The number of thioether (sulfide) groups is 1. The molecule has 1 atom stereocenters. The second kappa shape index (κ2) is 5.90. The molecule has 6 heteroatoms. The lowest BCUT2D eigenvalue weighted by Crippen LogP contribution is -2.32. The Balaban J connectivity index is 2.36. The fourth-order valence-electron chi connectivity index (χ4n) is 1.66. The Morgan fingerprint density at radius 1 is 1.53 bits per heavy atom. The second-order valence-corrected chi connectivity index (χ2v) is 6.16. The van der Waals surface area contributed by atoms with Gasteiger partial charge in [0.15, 0.2) is 0 Å². The molecule has 4 nitrogen and oxygen atoms in total. The molecule has 0 saturated heterocycles. The number of benzene rings is 1. The highest BCUT2D eigenvalue weighted by atomic mass is 79.9. The number of nitrogens with two attached hydrogens (primary N) is 1. The number of nitrogens with zero attached hydrogens (tertiary/aromatic N) is 1. The molecule has 0 amide bonds. The zero-order valence-corrected chi connectivity index (χ0v) is 12.7. The molecule has 0 aliphatic carbocycles. The van der Waals surface area contributed by atoms with Crippen molar-refractivity contribution in [3.8, 4) is 0 Å². The van der Waals surface area contributed by atoms with E-state index in [-0.39, 0.29) is 0 Å². The van der Waals surface area contributed by atoms with Crippen LogP contribution in [-0.2, 0) is 4.79 Å². The van der Waals surface area contributed by atoms with Gasteiger partial charge in [0.25, 0.3) is 0 Å². The van der Waals surface area contributed by atoms with E-state index in [1.54, 1.807) is 0 Å². The van der Waals surface area contributed by atoms with E-state index >= 15 is 0 Å². The highest BCUT2D eigenvalue weighted by Gasteiger charge is 2.13. The number of aromatic nitrogens is 1. The van der Waals surface area contributed by atoms with Crippen molar-refractivity contribution >= 4 is 44.6 Å². The standard InChI is InChI=1S/C13H13BrN2O2S/c1-7-4-12(19-6-10(15)13(17)18)9-5-8(14)2-3-11(9)16-7/h2-5,10H,6,15H2,1H3,(H,17,18)/t10-/m0/s1. The third kappa shape index (κ3) is 3.46. The average molecular weight is 341 g/mol. The van der Waals surface area contributed by atoms with E-state index in [1.807, 2.05) is 31.2 Å². The van der Waals surface area contributed by atoms with Crippen LogP contribution in [0.4, 0.5) is 0 Å². The number of carboxylic acid groups (broad SMARTS) is 1. The van der Waals surface area contributed by atoms with Gasteiger partial charge in [-0.3, -0.25) is 9.78 Å². The van der Waals surface area contributed by atoms with E-state index < -0.39 is 12.0 Å². The van der Waals surface area contributed by atoms with Crippen molar-refractivity contribution in [1.82, 2.24) is 4.98 Å². The maximum absolute atomic E-state index is 10.7. The first-order valence-electron chi connectivity index (χ1n) is 5.65. The fourth-order valence-corrected chi connectivity index (χ4v) is 3.10. The van der Waals surface area contributed by atoms with Gasteiger partial charge in [-0.2, -0.15) is 0 Å². The maximum atomic E-state index is 10.7. The van der Waals surface area contributed by atoms with Gasteiger partial charge in [-0.25, -0.2) is 0 Å². The molecule has 0 unspecified atom stereocenters. The third-order valence-electron chi connectivity index (χ3n) is 2.60. The van der Waals surface area contributed by atoms with Gasteiger partial charge in [-0.15, -0.1) is 11.8 Å². The topological polar surface area (TPSA) is 76.2 Å². The molecule has 0 radical (unpaired) electrons. The van der Waals surface area contributed by atoms with Crippen LogP contribution in [0, 0.1) is 6.92 Å². The predicted molar refractivity (Wildman–Crippen MR) is 80.5 cm³/mol. The zero-order valence-electron chi connectivity index (χ0n) is 10.3. The molecule has 0 fully saturated rings. The molecule has 1 aromatic heterocycles. The summed E-state index contributed by atoms with van der Waals surface area (Å²) < 4.78 is 0.968.